The van der Waals surface area contributed by atoms with Crippen molar-refractivity contribution in [2.24, 2.45) is 0 Å². The lowest BCUT2D eigenvalue weighted by molar-refractivity contribution is -0.384. The Morgan fingerprint density at radius 3 is 2.73 bits per heavy atom. The summed E-state index contributed by atoms with van der Waals surface area (Å²) >= 11 is 0. The fraction of sp³-hybridized carbons (Fsp3) is 0. The Bertz CT molecular complexity index is 1260. The van der Waals surface area contributed by atoms with Crippen LogP contribution in [0.1, 0.15) is 5.56 Å². The molecule has 1 aromatic heterocycles. The van der Waals surface area contributed by atoms with Crippen LogP contribution >= 0.6 is 0 Å². The van der Waals surface area contributed by atoms with Gasteiger partial charge in [-0.3, -0.25) is 14.9 Å². The number of fused-ring (bicyclic) bond motifs is 1. The minimum atomic E-state index is -0.499. The molecular formula is C22H15N3O5. The van der Waals surface area contributed by atoms with Gasteiger partial charge in [0.25, 0.3) is 5.69 Å². The molecule has 0 saturated heterocycles. The number of nitro groups is 1. The number of anilines is 1. The number of phenolic OH excluding ortho intramolecular Hbond substituents is 1. The highest BCUT2D eigenvalue weighted by atomic mass is 16.6. The fourth-order valence-corrected chi connectivity index (χ4v) is 2.87. The minimum Gasteiger partial charge on any atom is -0.507 e. The molecule has 0 aliphatic heterocycles. The summed E-state index contributed by atoms with van der Waals surface area (Å²) in [6.45, 7) is 0. The number of amides is 1. The van der Waals surface area contributed by atoms with Gasteiger partial charge in [-0.15, -0.1) is 0 Å². The maximum atomic E-state index is 12.2. The Morgan fingerprint density at radius 2 is 1.93 bits per heavy atom. The molecule has 148 valence electrons. The number of carbonyl (C=O) groups is 1. The molecule has 0 aliphatic carbocycles. The fourth-order valence-electron chi connectivity index (χ4n) is 2.87. The number of aromatic hydroxyl groups is 1. The Kier molecular flexibility index (Phi) is 4.96. The zero-order valence-electron chi connectivity index (χ0n) is 15.5. The van der Waals surface area contributed by atoms with Crippen molar-refractivity contribution in [2.75, 3.05) is 5.32 Å². The van der Waals surface area contributed by atoms with Crippen LogP contribution in [0.5, 0.6) is 5.75 Å². The second kappa shape index (κ2) is 7.88. The van der Waals surface area contributed by atoms with Crippen LogP contribution in [-0.2, 0) is 4.79 Å². The SMILES string of the molecule is O=C(C=Cc1cccc([N+](=O)[O-])c1)Nc1ccc(O)c(-c2nc3ccccc3o2)c1. The molecule has 8 heteroatoms. The van der Waals surface area contributed by atoms with Gasteiger partial charge in [0.15, 0.2) is 5.58 Å². The maximum Gasteiger partial charge on any atom is 0.270 e. The maximum absolute atomic E-state index is 12.2. The molecule has 4 aromatic rings. The third kappa shape index (κ3) is 4.02. The number of aromatic nitrogens is 1. The van der Waals surface area contributed by atoms with Gasteiger partial charge in [-0.25, -0.2) is 4.98 Å². The van der Waals surface area contributed by atoms with Crippen LogP contribution in [0.2, 0.25) is 0 Å². The number of nitrogens with zero attached hydrogens (tertiary/aromatic N) is 2. The molecule has 0 unspecified atom stereocenters. The third-order valence-corrected chi connectivity index (χ3v) is 4.30. The van der Waals surface area contributed by atoms with E-state index in [1.165, 1.54) is 30.4 Å². The van der Waals surface area contributed by atoms with Crippen LogP contribution in [0.15, 0.2) is 77.2 Å². The lowest BCUT2D eigenvalue weighted by Gasteiger charge is -2.06. The van der Waals surface area contributed by atoms with Crippen molar-refractivity contribution in [1.82, 2.24) is 4.98 Å². The van der Waals surface area contributed by atoms with Crippen LogP contribution in [-0.4, -0.2) is 20.9 Å². The van der Waals surface area contributed by atoms with Gasteiger partial charge in [0.05, 0.1) is 10.5 Å². The Morgan fingerprint density at radius 1 is 1.10 bits per heavy atom. The summed E-state index contributed by atoms with van der Waals surface area (Å²) in [4.78, 5) is 26.9. The number of non-ortho nitro benzene ring substituents is 1. The molecule has 30 heavy (non-hydrogen) atoms. The van der Waals surface area contributed by atoms with E-state index in [-0.39, 0.29) is 17.3 Å². The summed E-state index contributed by atoms with van der Waals surface area (Å²) in [5.74, 6) is -0.237. The highest BCUT2D eigenvalue weighted by Crippen LogP contribution is 2.33. The number of benzene rings is 3. The molecule has 3 aromatic carbocycles. The monoisotopic (exact) mass is 401 g/mol. The molecule has 2 N–H and O–H groups in total. The molecule has 0 bridgehead atoms. The zero-order chi connectivity index (χ0) is 21.1. The van der Waals surface area contributed by atoms with E-state index >= 15 is 0 Å². The van der Waals surface area contributed by atoms with E-state index in [1.54, 1.807) is 36.4 Å². The first kappa shape index (κ1) is 18.9. The van der Waals surface area contributed by atoms with E-state index in [1.807, 2.05) is 12.1 Å². The van der Waals surface area contributed by atoms with Crippen molar-refractivity contribution < 1.29 is 19.2 Å². The van der Waals surface area contributed by atoms with Crippen LogP contribution < -0.4 is 5.32 Å². The van der Waals surface area contributed by atoms with E-state index in [9.17, 15) is 20.0 Å². The van der Waals surface area contributed by atoms with Gasteiger partial charge in [-0.2, -0.15) is 0 Å². The Hall–Kier alpha value is -4.46. The lowest BCUT2D eigenvalue weighted by Crippen LogP contribution is -2.07. The predicted molar refractivity (Wildman–Crippen MR) is 112 cm³/mol. The minimum absolute atomic E-state index is 0.0355. The standard InChI is InChI=1S/C22H15N3O5/c26-19-10-9-15(13-17(19)22-24-18-6-1-2-7-20(18)30-22)23-21(27)11-8-14-4-3-5-16(12-14)25(28)29/h1-13,26H,(H,23,27). The van der Waals surface area contributed by atoms with E-state index < -0.39 is 10.8 Å². The number of para-hydroxylation sites is 2. The van der Waals surface area contributed by atoms with Crippen LogP contribution in [0.3, 0.4) is 0 Å². The third-order valence-electron chi connectivity index (χ3n) is 4.30. The molecule has 0 aliphatic rings. The Labute approximate surface area is 170 Å². The molecule has 0 spiro atoms. The van der Waals surface area contributed by atoms with E-state index in [0.29, 0.717) is 27.9 Å². The largest absolute Gasteiger partial charge is 0.507 e. The second-order valence-corrected chi connectivity index (χ2v) is 6.39. The van der Waals surface area contributed by atoms with Gasteiger partial charge >= 0.3 is 0 Å². The number of nitrogens with one attached hydrogen (secondary N) is 1. The number of phenols is 1. The molecule has 1 amide bonds. The molecule has 4 rings (SSSR count). The lowest BCUT2D eigenvalue weighted by atomic mass is 10.1. The highest BCUT2D eigenvalue weighted by Gasteiger charge is 2.13. The van der Waals surface area contributed by atoms with Crippen molar-refractivity contribution in [3.63, 3.8) is 0 Å². The summed E-state index contributed by atoms with van der Waals surface area (Å²) in [5, 5.41) is 23.7. The van der Waals surface area contributed by atoms with Crippen molar-refractivity contribution in [1.29, 1.82) is 0 Å². The predicted octanol–water partition coefficient (Wildman–Crippen LogP) is 4.76. The van der Waals surface area contributed by atoms with Gasteiger partial charge in [0.1, 0.15) is 11.3 Å². The van der Waals surface area contributed by atoms with Crippen LogP contribution in [0.25, 0.3) is 28.6 Å². The number of rotatable bonds is 5. The van der Waals surface area contributed by atoms with E-state index in [0.717, 1.165) is 0 Å². The summed E-state index contributed by atoms with van der Waals surface area (Å²) in [7, 11) is 0. The number of nitro benzene ring substituents is 1. The number of oxazole rings is 1. The molecule has 1 heterocycles. The van der Waals surface area contributed by atoms with E-state index in [4.69, 9.17) is 4.42 Å². The van der Waals surface area contributed by atoms with Gasteiger partial charge < -0.3 is 14.8 Å². The van der Waals surface area contributed by atoms with Crippen molar-refractivity contribution in [3.05, 3.63) is 88.5 Å². The summed E-state index contributed by atoms with van der Waals surface area (Å²) in [6, 6.07) is 17.7. The van der Waals surface area contributed by atoms with Crippen molar-refractivity contribution in [3.8, 4) is 17.2 Å². The average molecular weight is 401 g/mol. The molecule has 0 fully saturated rings. The normalized spacial score (nSPS) is 11.1. The number of carbonyl (C=O) groups excluding carboxylic acids is 1. The first-order valence-corrected chi connectivity index (χ1v) is 8.92. The number of hydrogen-bond acceptors (Lipinski definition) is 6. The molecule has 0 atom stereocenters. The summed E-state index contributed by atoms with van der Waals surface area (Å²) < 4.78 is 5.68. The van der Waals surface area contributed by atoms with Gasteiger partial charge in [-0.05, 0) is 42.0 Å². The molecule has 8 nitrogen and oxygen atoms in total. The van der Waals surface area contributed by atoms with Crippen LogP contribution in [0, 0.1) is 10.1 Å². The first-order valence-electron chi connectivity index (χ1n) is 8.92. The second-order valence-electron chi connectivity index (χ2n) is 6.39. The van der Waals surface area contributed by atoms with Gasteiger partial charge in [-0.1, -0.05) is 24.3 Å². The summed E-state index contributed by atoms with van der Waals surface area (Å²) in [6.07, 6.45) is 2.75. The quantitative estimate of drug-likeness (QED) is 0.215. The highest BCUT2D eigenvalue weighted by molar-refractivity contribution is 6.02. The molecule has 0 saturated carbocycles. The molecule has 0 radical (unpaired) electrons. The average Bonchev–Trinajstić information content (AvgIpc) is 3.18. The molecular weight excluding hydrogens is 386 g/mol. The summed E-state index contributed by atoms with van der Waals surface area (Å²) in [5.41, 5.74) is 2.48. The zero-order valence-corrected chi connectivity index (χ0v) is 15.5. The number of hydrogen-bond donors (Lipinski definition) is 2. The van der Waals surface area contributed by atoms with Gasteiger partial charge in [0, 0.05) is 23.9 Å². The smallest absolute Gasteiger partial charge is 0.270 e. The van der Waals surface area contributed by atoms with Gasteiger partial charge in [0.2, 0.25) is 11.8 Å². The Balaban J connectivity index is 1.53. The van der Waals surface area contributed by atoms with E-state index in [2.05, 4.69) is 10.3 Å². The topological polar surface area (TPSA) is 118 Å². The van der Waals surface area contributed by atoms with Crippen molar-refractivity contribution in [2.45, 2.75) is 0 Å². The van der Waals surface area contributed by atoms with Crippen molar-refractivity contribution >= 4 is 34.5 Å². The first-order chi connectivity index (χ1) is 14.5. The van der Waals surface area contributed by atoms with Crippen LogP contribution in [0.4, 0.5) is 11.4 Å².